The van der Waals surface area contributed by atoms with Gasteiger partial charge in [-0.3, -0.25) is 9.52 Å². The summed E-state index contributed by atoms with van der Waals surface area (Å²) in [4.78, 5) is 15.9. The fraction of sp³-hybridized carbons (Fsp3) is 0.485. The highest BCUT2D eigenvalue weighted by Gasteiger charge is 2.33. The topological polar surface area (TPSA) is 143 Å². The number of anilines is 1. The van der Waals surface area contributed by atoms with Gasteiger partial charge in [0.15, 0.2) is 0 Å². The van der Waals surface area contributed by atoms with Crippen molar-refractivity contribution in [3.8, 4) is 5.75 Å². The number of rotatable bonds is 9. The lowest BCUT2D eigenvalue weighted by molar-refractivity contribution is -0.00832. The molecule has 3 aromatic rings. The van der Waals surface area contributed by atoms with E-state index < -0.39 is 38.1 Å². The van der Waals surface area contributed by atoms with Crippen molar-refractivity contribution in [2.45, 2.75) is 74.3 Å². The number of benzene rings is 2. The predicted octanol–water partition coefficient (Wildman–Crippen LogP) is 4.97. The number of hydrogen-bond acceptors (Lipinski definition) is 9. The SMILES string of the molecule is Cc1ccc(S(=O)(=O)Nc2ccc3c(c2)C(=O)N([C@@H](C)CO)C[C@@H](C)[C@H](CN(C)S(=O)(=O)c2cccs2)OCCCC[C@H](C)O3)cc1. The van der Waals surface area contributed by atoms with E-state index in [1.807, 2.05) is 20.8 Å². The van der Waals surface area contributed by atoms with Gasteiger partial charge in [0.05, 0.1) is 35.3 Å². The first kappa shape index (κ1) is 36.8. The fourth-order valence-corrected chi connectivity index (χ4v) is 8.73. The molecular formula is C33H45N3O8S3. The van der Waals surface area contributed by atoms with Gasteiger partial charge in [-0.05, 0) is 81.8 Å². The second-order valence-corrected chi connectivity index (χ2v) is 17.0. The zero-order valence-corrected chi connectivity index (χ0v) is 29.9. The molecule has 0 bridgehead atoms. The van der Waals surface area contributed by atoms with Crippen molar-refractivity contribution < 1.29 is 36.2 Å². The van der Waals surface area contributed by atoms with Crippen molar-refractivity contribution in [1.29, 1.82) is 0 Å². The largest absolute Gasteiger partial charge is 0.490 e. The third-order valence-electron chi connectivity index (χ3n) is 8.23. The smallest absolute Gasteiger partial charge is 0.261 e. The van der Waals surface area contributed by atoms with Crippen LogP contribution in [0, 0.1) is 12.8 Å². The van der Waals surface area contributed by atoms with Crippen LogP contribution in [0.2, 0.25) is 0 Å². The van der Waals surface area contributed by atoms with Gasteiger partial charge in [0.2, 0.25) is 0 Å². The number of hydrogen-bond donors (Lipinski definition) is 2. The Kier molecular flexibility index (Phi) is 12.5. The Morgan fingerprint density at radius 1 is 1.09 bits per heavy atom. The first-order chi connectivity index (χ1) is 22.2. The molecule has 0 radical (unpaired) electrons. The number of ether oxygens (including phenoxy) is 2. The summed E-state index contributed by atoms with van der Waals surface area (Å²) in [5.74, 6) is -0.508. The van der Waals surface area contributed by atoms with Gasteiger partial charge in [-0.25, -0.2) is 16.8 Å². The van der Waals surface area contributed by atoms with E-state index in [1.54, 1.807) is 48.7 Å². The number of likely N-dealkylation sites (N-methyl/N-ethyl adjacent to an activating group) is 1. The number of thiophene rings is 1. The van der Waals surface area contributed by atoms with Crippen LogP contribution in [0.3, 0.4) is 0 Å². The van der Waals surface area contributed by atoms with E-state index in [4.69, 9.17) is 9.47 Å². The Morgan fingerprint density at radius 2 is 1.81 bits per heavy atom. The first-order valence-electron chi connectivity index (χ1n) is 15.7. The Morgan fingerprint density at radius 3 is 2.47 bits per heavy atom. The third kappa shape index (κ3) is 9.33. The molecule has 0 aliphatic carbocycles. The van der Waals surface area contributed by atoms with Crippen LogP contribution in [0.15, 0.2) is 69.1 Å². The Hall–Kier alpha value is -3.01. The molecule has 11 nitrogen and oxygen atoms in total. The lowest BCUT2D eigenvalue weighted by Crippen LogP contribution is -2.48. The second-order valence-electron chi connectivity index (χ2n) is 12.1. The summed E-state index contributed by atoms with van der Waals surface area (Å²) in [7, 11) is -6.17. The number of fused-ring (bicyclic) bond motifs is 1. The lowest BCUT2D eigenvalue weighted by Gasteiger charge is -2.35. The molecule has 2 N–H and O–H groups in total. The molecule has 14 heteroatoms. The Labute approximate surface area is 282 Å². The van der Waals surface area contributed by atoms with E-state index in [2.05, 4.69) is 4.72 Å². The van der Waals surface area contributed by atoms with Crippen molar-refractivity contribution in [3.63, 3.8) is 0 Å². The summed E-state index contributed by atoms with van der Waals surface area (Å²) in [6, 6.07) is 13.7. The van der Waals surface area contributed by atoms with Crippen LogP contribution >= 0.6 is 11.3 Å². The van der Waals surface area contributed by atoms with Crippen LogP contribution in [-0.2, 0) is 24.8 Å². The van der Waals surface area contributed by atoms with E-state index in [1.165, 1.54) is 34.5 Å². The maximum atomic E-state index is 14.3. The molecule has 2 aromatic carbocycles. The summed E-state index contributed by atoms with van der Waals surface area (Å²) in [5, 5.41) is 11.9. The van der Waals surface area contributed by atoms with E-state index in [9.17, 15) is 26.7 Å². The average Bonchev–Trinajstić information content (AvgIpc) is 3.59. The van der Waals surface area contributed by atoms with Gasteiger partial charge in [0.1, 0.15) is 9.96 Å². The summed E-state index contributed by atoms with van der Waals surface area (Å²) in [6.45, 7) is 7.64. The molecular weight excluding hydrogens is 663 g/mol. The Balaban J connectivity index is 1.68. The van der Waals surface area contributed by atoms with Gasteiger partial charge in [0.25, 0.3) is 26.0 Å². The van der Waals surface area contributed by atoms with Crippen molar-refractivity contribution >= 4 is 43.0 Å². The minimum Gasteiger partial charge on any atom is -0.490 e. The van der Waals surface area contributed by atoms with Crippen LogP contribution in [0.1, 0.15) is 56.0 Å². The van der Waals surface area contributed by atoms with E-state index in [0.717, 1.165) is 29.7 Å². The molecule has 0 unspecified atom stereocenters. The number of sulfonamides is 2. The molecule has 0 saturated heterocycles. The van der Waals surface area contributed by atoms with Gasteiger partial charge in [-0.2, -0.15) is 4.31 Å². The van der Waals surface area contributed by atoms with Crippen molar-refractivity contribution in [2.75, 3.05) is 38.1 Å². The van der Waals surface area contributed by atoms with E-state index in [0.29, 0.717) is 18.8 Å². The van der Waals surface area contributed by atoms with E-state index >= 15 is 0 Å². The number of nitrogens with zero attached hydrogens (tertiary/aromatic N) is 2. The number of carbonyl (C=O) groups excluding carboxylic acids is 1. The molecule has 4 rings (SSSR count). The molecule has 258 valence electrons. The summed E-state index contributed by atoms with van der Waals surface area (Å²) >= 11 is 1.14. The third-order valence-corrected chi connectivity index (χ3v) is 12.8. The lowest BCUT2D eigenvalue weighted by atomic mass is 10.0. The molecule has 0 fully saturated rings. The monoisotopic (exact) mass is 707 g/mol. The number of aliphatic hydroxyl groups excluding tert-OH is 1. The van der Waals surface area contributed by atoms with Crippen LogP contribution < -0.4 is 9.46 Å². The molecule has 1 aromatic heterocycles. The van der Waals surface area contributed by atoms with Crippen LogP contribution in [0.4, 0.5) is 5.69 Å². The Bertz CT molecular complexity index is 1700. The molecule has 1 aliphatic heterocycles. The quantitative estimate of drug-likeness (QED) is 0.318. The maximum Gasteiger partial charge on any atom is 0.261 e. The van der Waals surface area contributed by atoms with E-state index in [-0.39, 0.29) is 52.1 Å². The normalized spacial score (nSPS) is 21.0. The van der Waals surface area contributed by atoms with Gasteiger partial charge in [-0.15, -0.1) is 11.3 Å². The first-order valence-corrected chi connectivity index (χ1v) is 19.5. The van der Waals surface area contributed by atoms with Crippen molar-refractivity contribution in [2.24, 2.45) is 5.92 Å². The summed E-state index contributed by atoms with van der Waals surface area (Å²) in [5.41, 5.74) is 1.24. The molecule has 0 saturated carbocycles. The highest BCUT2D eigenvalue weighted by molar-refractivity contribution is 7.92. The highest BCUT2D eigenvalue weighted by Crippen LogP contribution is 2.30. The minimum atomic E-state index is -3.95. The zero-order valence-electron chi connectivity index (χ0n) is 27.5. The van der Waals surface area contributed by atoms with Gasteiger partial charge < -0.3 is 19.5 Å². The molecule has 47 heavy (non-hydrogen) atoms. The molecule has 1 aliphatic rings. The molecule has 2 heterocycles. The molecule has 0 spiro atoms. The maximum absolute atomic E-state index is 14.3. The number of carbonyl (C=O) groups is 1. The van der Waals surface area contributed by atoms with Crippen LogP contribution in [-0.4, -0.2) is 88.7 Å². The van der Waals surface area contributed by atoms with Gasteiger partial charge >= 0.3 is 0 Å². The standard InChI is InChI=1S/C33H45N3O8S3/c1-23-11-14-28(15-12-23)46(39,40)34-27-13-16-30-29(19-27)33(38)36(25(3)22-37)20-24(2)31(43-17-7-6-9-26(4)44-30)21-35(5)47(41,42)32-10-8-18-45-32/h8,10-16,18-19,24-26,31,34,37H,6-7,9,17,20-22H2,1-5H3/t24-,25+,26+,31+/m1/s1. The van der Waals surface area contributed by atoms with Crippen molar-refractivity contribution in [3.05, 3.63) is 71.1 Å². The number of amides is 1. The zero-order chi connectivity index (χ0) is 34.4. The average molecular weight is 708 g/mol. The fourth-order valence-electron chi connectivity index (χ4n) is 5.30. The van der Waals surface area contributed by atoms with Crippen LogP contribution in [0.25, 0.3) is 0 Å². The highest BCUT2D eigenvalue weighted by atomic mass is 32.2. The van der Waals surface area contributed by atoms with Crippen molar-refractivity contribution in [1.82, 2.24) is 9.21 Å². The molecule has 4 atom stereocenters. The molecule has 1 amide bonds. The second kappa shape index (κ2) is 15.9. The summed E-state index contributed by atoms with van der Waals surface area (Å²) < 4.78 is 69.5. The number of nitrogens with one attached hydrogen (secondary N) is 1. The predicted molar refractivity (Wildman–Crippen MR) is 183 cm³/mol. The summed E-state index contributed by atoms with van der Waals surface area (Å²) in [6.07, 6.45) is 1.35. The van der Waals surface area contributed by atoms with Crippen LogP contribution in [0.5, 0.6) is 5.75 Å². The number of aliphatic hydroxyl groups is 1. The van der Waals surface area contributed by atoms with Gasteiger partial charge in [-0.1, -0.05) is 30.7 Å². The minimum absolute atomic E-state index is 0.0674. The van der Waals surface area contributed by atoms with Gasteiger partial charge in [0, 0.05) is 38.3 Å². The number of aryl methyl sites for hydroxylation is 1.